The van der Waals surface area contributed by atoms with E-state index in [0.29, 0.717) is 5.92 Å². The van der Waals surface area contributed by atoms with Crippen LogP contribution < -0.4 is 10.5 Å². The molecule has 3 rings (SSSR count). The van der Waals surface area contributed by atoms with E-state index in [0.717, 1.165) is 24.5 Å². The third-order valence-electron chi connectivity index (χ3n) is 3.73. The molecule has 0 spiro atoms. The Balaban J connectivity index is 1.59. The number of thioether (sulfide) groups is 1. The minimum Gasteiger partial charge on any atom is -0.493 e. The van der Waals surface area contributed by atoms with E-state index in [4.69, 9.17) is 10.5 Å². The van der Waals surface area contributed by atoms with Gasteiger partial charge in [-0.1, -0.05) is 30.3 Å². The molecule has 0 bridgehead atoms. The normalized spacial score (nSPS) is 18.3. The average molecular weight is 299 g/mol. The summed E-state index contributed by atoms with van der Waals surface area (Å²) >= 11 is 1.93. The van der Waals surface area contributed by atoms with Crippen LogP contribution in [-0.4, -0.2) is 18.4 Å². The molecule has 1 aliphatic heterocycles. The van der Waals surface area contributed by atoms with Gasteiger partial charge in [0.1, 0.15) is 5.75 Å². The maximum Gasteiger partial charge on any atom is 0.119 e. The fraction of sp³-hybridized carbons (Fsp3) is 0.333. The van der Waals surface area contributed by atoms with Crippen LogP contribution in [0.2, 0.25) is 0 Å². The molecule has 0 saturated carbocycles. The quantitative estimate of drug-likeness (QED) is 0.911. The van der Waals surface area contributed by atoms with Crippen molar-refractivity contribution in [1.29, 1.82) is 0 Å². The number of rotatable bonds is 5. The lowest BCUT2D eigenvalue weighted by Crippen LogP contribution is -2.17. The lowest BCUT2D eigenvalue weighted by molar-refractivity contribution is 0.298. The molecule has 1 aliphatic rings. The van der Waals surface area contributed by atoms with Crippen LogP contribution in [0.5, 0.6) is 5.75 Å². The summed E-state index contributed by atoms with van der Waals surface area (Å²) in [5.41, 5.74) is 8.51. The molecule has 110 valence electrons. The molecule has 21 heavy (non-hydrogen) atoms. The summed E-state index contributed by atoms with van der Waals surface area (Å²) in [6, 6.07) is 17.1. The number of hydrogen-bond acceptors (Lipinski definition) is 3. The van der Waals surface area contributed by atoms with Crippen LogP contribution in [0.3, 0.4) is 0 Å². The highest BCUT2D eigenvalue weighted by atomic mass is 32.2. The number of fused-ring (bicyclic) bond motifs is 1. The first-order valence-electron chi connectivity index (χ1n) is 7.41. The van der Waals surface area contributed by atoms with Gasteiger partial charge in [-0.05, 0) is 42.7 Å². The first kappa shape index (κ1) is 14.5. The Morgan fingerprint density at radius 3 is 2.71 bits per heavy atom. The van der Waals surface area contributed by atoms with Crippen LogP contribution >= 0.6 is 11.8 Å². The number of benzene rings is 2. The zero-order valence-corrected chi connectivity index (χ0v) is 13.1. The molecule has 2 nitrogen and oxygen atoms in total. The summed E-state index contributed by atoms with van der Waals surface area (Å²) in [6.07, 6.45) is 0.910. The van der Waals surface area contributed by atoms with Gasteiger partial charge in [0.25, 0.3) is 0 Å². The molecule has 0 radical (unpaired) electrons. The monoisotopic (exact) mass is 299 g/mol. The van der Waals surface area contributed by atoms with Crippen molar-refractivity contribution in [1.82, 2.24) is 0 Å². The van der Waals surface area contributed by atoms with Crippen LogP contribution in [0.15, 0.2) is 53.4 Å². The van der Waals surface area contributed by atoms with E-state index in [1.807, 2.05) is 30.8 Å². The predicted octanol–water partition coefficient (Wildman–Crippen LogP) is 3.84. The van der Waals surface area contributed by atoms with Crippen LogP contribution in [0.4, 0.5) is 0 Å². The molecule has 0 saturated heterocycles. The Morgan fingerprint density at radius 2 is 1.95 bits per heavy atom. The molecular formula is C18H21NOS. The second-order valence-electron chi connectivity index (χ2n) is 5.68. The Kier molecular flexibility index (Phi) is 4.51. The molecule has 1 heterocycles. The Morgan fingerprint density at radius 1 is 1.19 bits per heavy atom. The Bertz CT molecular complexity index is 594. The summed E-state index contributed by atoms with van der Waals surface area (Å²) in [7, 11) is 0. The molecule has 0 amide bonds. The summed E-state index contributed by atoms with van der Waals surface area (Å²) in [4.78, 5) is 1.40. The van der Waals surface area contributed by atoms with Gasteiger partial charge in [0.05, 0.1) is 6.61 Å². The van der Waals surface area contributed by atoms with Crippen LogP contribution in [0, 0.1) is 0 Å². The molecule has 0 aromatic heterocycles. The first-order chi connectivity index (χ1) is 10.2. The van der Waals surface area contributed by atoms with E-state index in [-0.39, 0.29) is 6.04 Å². The number of ether oxygens (including phenoxy) is 1. The van der Waals surface area contributed by atoms with Gasteiger partial charge in [0.15, 0.2) is 0 Å². The highest BCUT2D eigenvalue weighted by Gasteiger charge is 2.23. The van der Waals surface area contributed by atoms with Crippen LogP contribution in [0.25, 0.3) is 0 Å². The first-order valence-corrected chi connectivity index (χ1v) is 8.40. The number of nitrogens with two attached hydrogens (primary N) is 1. The molecule has 0 aliphatic carbocycles. The zero-order valence-electron chi connectivity index (χ0n) is 12.3. The molecule has 2 aromatic carbocycles. The molecule has 2 aromatic rings. The van der Waals surface area contributed by atoms with Gasteiger partial charge in [-0.3, -0.25) is 0 Å². The summed E-state index contributed by atoms with van der Waals surface area (Å²) < 4.78 is 5.96. The smallest absolute Gasteiger partial charge is 0.119 e. The van der Waals surface area contributed by atoms with Gasteiger partial charge in [-0.15, -0.1) is 11.8 Å². The Hall–Kier alpha value is -1.45. The van der Waals surface area contributed by atoms with E-state index in [1.54, 1.807) is 0 Å². The highest BCUT2D eigenvalue weighted by molar-refractivity contribution is 7.99. The largest absolute Gasteiger partial charge is 0.493 e. The lowest BCUT2D eigenvalue weighted by atomic mass is 10.0. The van der Waals surface area contributed by atoms with Gasteiger partial charge in [0.2, 0.25) is 0 Å². The topological polar surface area (TPSA) is 35.2 Å². The molecule has 2 unspecified atom stereocenters. The fourth-order valence-corrected chi connectivity index (χ4v) is 3.89. The third-order valence-corrected chi connectivity index (χ3v) is 4.98. The summed E-state index contributed by atoms with van der Waals surface area (Å²) in [6.45, 7) is 2.77. The molecule has 0 fully saturated rings. The van der Waals surface area contributed by atoms with E-state index in [2.05, 4.69) is 36.4 Å². The second kappa shape index (κ2) is 6.54. The van der Waals surface area contributed by atoms with Crippen molar-refractivity contribution < 1.29 is 4.74 Å². The van der Waals surface area contributed by atoms with E-state index in [9.17, 15) is 0 Å². The summed E-state index contributed by atoms with van der Waals surface area (Å²) in [5, 5.41) is 0. The maximum atomic E-state index is 5.96. The van der Waals surface area contributed by atoms with Gasteiger partial charge >= 0.3 is 0 Å². The van der Waals surface area contributed by atoms with Crippen molar-refractivity contribution in [2.75, 3.05) is 12.4 Å². The predicted molar refractivity (Wildman–Crippen MR) is 89.2 cm³/mol. The average Bonchev–Trinajstić information content (AvgIpc) is 2.89. The minimum atomic E-state index is 0.198. The van der Waals surface area contributed by atoms with Gasteiger partial charge < -0.3 is 10.5 Å². The van der Waals surface area contributed by atoms with E-state index in [1.165, 1.54) is 16.0 Å². The van der Waals surface area contributed by atoms with E-state index < -0.39 is 0 Å². The fourth-order valence-electron chi connectivity index (χ4n) is 2.66. The molecule has 2 N–H and O–H groups in total. The highest BCUT2D eigenvalue weighted by Crippen LogP contribution is 2.39. The maximum absolute atomic E-state index is 5.96. The minimum absolute atomic E-state index is 0.198. The van der Waals surface area contributed by atoms with Gasteiger partial charge in [-0.25, -0.2) is 0 Å². The van der Waals surface area contributed by atoms with Gasteiger partial charge in [0, 0.05) is 22.6 Å². The summed E-state index contributed by atoms with van der Waals surface area (Å²) in [5.74, 6) is 2.55. The number of hydrogen-bond donors (Lipinski definition) is 1. The van der Waals surface area contributed by atoms with Crippen LogP contribution in [-0.2, 0) is 6.42 Å². The van der Waals surface area contributed by atoms with Crippen molar-refractivity contribution in [2.45, 2.75) is 30.2 Å². The van der Waals surface area contributed by atoms with Gasteiger partial charge in [-0.2, -0.15) is 0 Å². The molecule has 2 atom stereocenters. The van der Waals surface area contributed by atoms with Crippen molar-refractivity contribution in [3.63, 3.8) is 0 Å². The SMILES string of the molecule is CC(N)Cc1ccc(OCC2CSc3ccccc32)cc1. The van der Waals surface area contributed by atoms with Crippen LogP contribution in [0.1, 0.15) is 24.0 Å². The van der Waals surface area contributed by atoms with Crippen molar-refractivity contribution >= 4 is 11.8 Å². The lowest BCUT2D eigenvalue weighted by Gasteiger charge is -2.13. The standard InChI is InChI=1S/C18H21NOS/c1-13(19)10-14-6-8-16(9-7-14)20-11-15-12-21-18-5-3-2-4-17(15)18/h2-9,13,15H,10-12,19H2,1H3. The van der Waals surface area contributed by atoms with Crippen molar-refractivity contribution in [3.8, 4) is 5.75 Å². The second-order valence-corrected chi connectivity index (χ2v) is 6.74. The molecule has 3 heteroatoms. The zero-order chi connectivity index (χ0) is 14.7. The van der Waals surface area contributed by atoms with Crippen molar-refractivity contribution in [3.05, 3.63) is 59.7 Å². The third kappa shape index (κ3) is 3.60. The Labute approximate surface area is 130 Å². The molecular weight excluding hydrogens is 278 g/mol. The van der Waals surface area contributed by atoms with E-state index >= 15 is 0 Å². The van der Waals surface area contributed by atoms with Crippen molar-refractivity contribution in [2.24, 2.45) is 5.73 Å².